The molecule has 0 radical (unpaired) electrons. The molecular weight excluding hydrogens is 322 g/mol. The van der Waals surface area contributed by atoms with E-state index in [9.17, 15) is 14.7 Å². The van der Waals surface area contributed by atoms with Gasteiger partial charge in [-0.25, -0.2) is 4.79 Å². The molecule has 1 amide bonds. The Morgan fingerprint density at radius 2 is 1.84 bits per heavy atom. The zero-order chi connectivity index (χ0) is 17.4. The third kappa shape index (κ3) is 2.85. The van der Waals surface area contributed by atoms with Crippen molar-refractivity contribution < 1.29 is 24.2 Å². The van der Waals surface area contributed by atoms with Crippen molar-refractivity contribution in [2.75, 3.05) is 6.61 Å². The van der Waals surface area contributed by atoms with Gasteiger partial charge in [0, 0.05) is 11.1 Å². The number of aliphatic hydroxyl groups is 1. The monoisotopic (exact) mass is 339 g/mol. The molecule has 0 saturated heterocycles. The average molecular weight is 339 g/mol. The number of carbonyl (C=O) groups excluding carboxylic acids is 2. The van der Waals surface area contributed by atoms with Gasteiger partial charge in [0.25, 0.3) is 0 Å². The minimum absolute atomic E-state index is 0.00893. The molecule has 2 aliphatic rings. The highest BCUT2D eigenvalue weighted by molar-refractivity contribution is 5.94. The second kappa shape index (κ2) is 6.22. The predicted octanol–water partition coefficient (Wildman–Crippen LogP) is 1.90. The number of aliphatic hydroxyl groups excluding tert-OH is 1. The van der Waals surface area contributed by atoms with Gasteiger partial charge in [-0.1, -0.05) is 36.4 Å². The lowest BCUT2D eigenvalue weighted by Gasteiger charge is -2.31. The summed E-state index contributed by atoms with van der Waals surface area (Å²) in [5.74, 6) is -0.0594. The third-order valence-electron chi connectivity index (χ3n) is 4.51. The van der Waals surface area contributed by atoms with Crippen molar-refractivity contribution in [3.8, 4) is 5.75 Å². The van der Waals surface area contributed by atoms with Gasteiger partial charge in [0.05, 0.1) is 18.0 Å². The molecule has 2 aromatic rings. The Kier molecular flexibility index (Phi) is 3.89. The number of hydrogen-bond donors (Lipinski definition) is 2. The maximum absolute atomic E-state index is 12.5. The molecule has 0 aromatic heterocycles. The molecule has 2 aliphatic heterocycles. The molecule has 4 rings (SSSR count). The summed E-state index contributed by atoms with van der Waals surface area (Å²) in [6.45, 7) is 0.114. The highest BCUT2D eigenvalue weighted by Crippen LogP contribution is 2.34. The second-order valence-electron chi connectivity index (χ2n) is 6.15. The number of fused-ring (bicyclic) bond motifs is 2. The van der Waals surface area contributed by atoms with Crippen molar-refractivity contribution in [3.63, 3.8) is 0 Å². The number of benzene rings is 2. The van der Waals surface area contributed by atoms with Crippen LogP contribution in [0.2, 0.25) is 0 Å². The number of hydrogen-bond acceptors (Lipinski definition) is 5. The van der Waals surface area contributed by atoms with Crippen LogP contribution in [0.5, 0.6) is 5.75 Å². The molecule has 0 bridgehead atoms. The Morgan fingerprint density at radius 3 is 2.68 bits per heavy atom. The second-order valence-corrected chi connectivity index (χ2v) is 6.15. The van der Waals surface area contributed by atoms with E-state index in [0.717, 1.165) is 11.1 Å². The molecule has 1 unspecified atom stereocenters. The molecule has 6 nitrogen and oxygen atoms in total. The van der Waals surface area contributed by atoms with Gasteiger partial charge in [-0.05, 0) is 12.1 Å². The first-order valence-corrected chi connectivity index (χ1v) is 8.12. The molecule has 128 valence electrons. The maximum atomic E-state index is 12.5. The molecular formula is C19H17NO5. The molecule has 3 atom stereocenters. The van der Waals surface area contributed by atoms with E-state index in [1.165, 1.54) is 0 Å². The SMILES string of the molecule is O=C(CC1OC(=O)c2ccccc21)N[C@H]1c2ccccc2OC[C@H]1O. The number of esters is 1. The molecule has 0 aliphatic carbocycles. The summed E-state index contributed by atoms with van der Waals surface area (Å²) in [4.78, 5) is 24.3. The van der Waals surface area contributed by atoms with Crippen LogP contribution >= 0.6 is 0 Å². The van der Waals surface area contributed by atoms with Crippen molar-refractivity contribution in [3.05, 3.63) is 65.2 Å². The van der Waals surface area contributed by atoms with Gasteiger partial charge in [-0.3, -0.25) is 4.79 Å². The number of carbonyl (C=O) groups is 2. The quantitative estimate of drug-likeness (QED) is 0.835. The number of ether oxygens (including phenoxy) is 2. The number of rotatable bonds is 3. The molecule has 2 N–H and O–H groups in total. The highest BCUT2D eigenvalue weighted by Gasteiger charge is 2.35. The molecule has 25 heavy (non-hydrogen) atoms. The number of cyclic esters (lactones) is 1. The number of nitrogens with one attached hydrogen (secondary N) is 1. The van der Waals surface area contributed by atoms with Crippen LogP contribution in [-0.2, 0) is 9.53 Å². The van der Waals surface area contributed by atoms with Crippen LogP contribution in [0.3, 0.4) is 0 Å². The van der Waals surface area contributed by atoms with E-state index in [-0.39, 0.29) is 18.9 Å². The standard InChI is InChI=1S/C19H17NO5/c21-14-10-24-15-8-4-3-7-13(15)18(14)20-17(22)9-16-11-5-1-2-6-12(11)19(23)25-16/h1-8,14,16,18,21H,9-10H2,(H,20,22)/t14-,16?,18+/m1/s1. The van der Waals surface area contributed by atoms with Crippen LogP contribution in [0.4, 0.5) is 0 Å². The zero-order valence-electron chi connectivity index (χ0n) is 13.3. The van der Waals surface area contributed by atoms with Crippen LogP contribution in [0.25, 0.3) is 0 Å². The molecule has 0 spiro atoms. The van der Waals surface area contributed by atoms with E-state index in [4.69, 9.17) is 9.47 Å². The van der Waals surface area contributed by atoms with Crippen molar-refractivity contribution in [2.45, 2.75) is 24.7 Å². The van der Waals surface area contributed by atoms with Crippen LogP contribution in [-0.4, -0.2) is 29.7 Å². The minimum Gasteiger partial charge on any atom is -0.490 e. The maximum Gasteiger partial charge on any atom is 0.339 e. The Morgan fingerprint density at radius 1 is 1.12 bits per heavy atom. The molecule has 6 heteroatoms. The van der Waals surface area contributed by atoms with Crippen LogP contribution in [0.15, 0.2) is 48.5 Å². The lowest BCUT2D eigenvalue weighted by Crippen LogP contribution is -2.42. The molecule has 2 aromatic carbocycles. The Hall–Kier alpha value is -2.86. The Labute approximate surface area is 144 Å². The van der Waals surface area contributed by atoms with Gasteiger partial charge < -0.3 is 19.9 Å². The fraction of sp³-hybridized carbons (Fsp3) is 0.263. The largest absolute Gasteiger partial charge is 0.490 e. The highest BCUT2D eigenvalue weighted by atomic mass is 16.5. The first-order chi connectivity index (χ1) is 12.1. The van der Waals surface area contributed by atoms with Gasteiger partial charge in [0.2, 0.25) is 5.91 Å². The van der Waals surface area contributed by atoms with Gasteiger partial charge >= 0.3 is 5.97 Å². The van der Waals surface area contributed by atoms with E-state index in [0.29, 0.717) is 11.3 Å². The number of amides is 1. The van der Waals surface area contributed by atoms with E-state index in [1.54, 1.807) is 24.3 Å². The summed E-state index contributed by atoms with van der Waals surface area (Å²) in [6, 6.07) is 13.8. The Bertz CT molecular complexity index is 834. The summed E-state index contributed by atoms with van der Waals surface area (Å²) in [5, 5.41) is 13.0. The minimum atomic E-state index is -0.836. The molecule has 0 fully saturated rings. The van der Waals surface area contributed by atoms with Gasteiger partial charge in [0.1, 0.15) is 24.6 Å². The first kappa shape index (κ1) is 15.7. The van der Waals surface area contributed by atoms with Crippen LogP contribution in [0, 0.1) is 0 Å². The normalized spacial score (nSPS) is 23.9. The van der Waals surface area contributed by atoms with Crippen LogP contribution in [0.1, 0.15) is 40.1 Å². The van der Waals surface area contributed by atoms with Gasteiger partial charge in [0.15, 0.2) is 0 Å². The first-order valence-electron chi connectivity index (χ1n) is 8.12. The van der Waals surface area contributed by atoms with E-state index in [2.05, 4.69) is 5.32 Å². The number of para-hydroxylation sites is 1. The Balaban J connectivity index is 1.49. The predicted molar refractivity (Wildman–Crippen MR) is 88.0 cm³/mol. The van der Waals surface area contributed by atoms with Gasteiger partial charge in [-0.2, -0.15) is 0 Å². The van der Waals surface area contributed by atoms with E-state index in [1.807, 2.05) is 24.3 Å². The van der Waals surface area contributed by atoms with Crippen LogP contribution < -0.4 is 10.1 Å². The lowest BCUT2D eigenvalue weighted by atomic mass is 9.97. The van der Waals surface area contributed by atoms with E-state index >= 15 is 0 Å². The van der Waals surface area contributed by atoms with Gasteiger partial charge in [-0.15, -0.1) is 0 Å². The smallest absolute Gasteiger partial charge is 0.339 e. The van der Waals surface area contributed by atoms with Crippen molar-refractivity contribution in [2.24, 2.45) is 0 Å². The summed E-state index contributed by atoms with van der Waals surface area (Å²) < 4.78 is 10.8. The fourth-order valence-electron chi connectivity index (χ4n) is 3.29. The molecule has 0 saturated carbocycles. The van der Waals surface area contributed by atoms with Crippen molar-refractivity contribution in [1.29, 1.82) is 0 Å². The summed E-state index contributed by atoms with van der Waals surface area (Å²) in [7, 11) is 0. The lowest BCUT2D eigenvalue weighted by molar-refractivity contribution is -0.125. The van der Waals surface area contributed by atoms with Crippen molar-refractivity contribution >= 4 is 11.9 Å². The summed E-state index contributed by atoms with van der Waals surface area (Å²) in [6.07, 6.45) is -1.43. The van der Waals surface area contributed by atoms with Crippen molar-refractivity contribution in [1.82, 2.24) is 5.32 Å². The molecule has 2 heterocycles. The fourth-order valence-corrected chi connectivity index (χ4v) is 3.29. The topological polar surface area (TPSA) is 84.9 Å². The summed E-state index contributed by atoms with van der Waals surface area (Å²) >= 11 is 0. The summed E-state index contributed by atoms with van der Waals surface area (Å²) in [5.41, 5.74) is 1.95. The third-order valence-corrected chi connectivity index (χ3v) is 4.51. The zero-order valence-corrected chi connectivity index (χ0v) is 13.3. The average Bonchev–Trinajstić information content (AvgIpc) is 2.94. The van der Waals surface area contributed by atoms with E-state index < -0.39 is 24.2 Å².